The number of aromatic nitrogens is 1. The number of amides is 4. The number of nitrogens with zero attached hydrogens (tertiary/aromatic N) is 2. The minimum absolute atomic E-state index is 0.00411. The Kier molecular flexibility index (Phi) is 18.4. The van der Waals surface area contributed by atoms with Crippen molar-refractivity contribution in [2.24, 2.45) is 23.7 Å². The van der Waals surface area contributed by atoms with Crippen LogP contribution in [0.4, 0.5) is 0 Å². The predicted molar refractivity (Wildman–Crippen MR) is 230 cm³/mol. The van der Waals surface area contributed by atoms with Gasteiger partial charge in [0.25, 0.3) is 0 Å². The first-order chi connectivity index (χ1) is 27.7. The lowest BCUT2D eigenvalue weighted by molar-refractivity contribution is -0.159. The molecule has 9 atom stereocenters. The molecule has 1 saturated heterocycles. The number of benzene rings is 1. The molecule has 1 aromatic heterocycles. The molecular weight excluding hydrogens is 753 g/mol. The van der Waals surface area contributed by atoms with Crippen LogP contribution in [0.5, 0.6) is 0 Å². The van der Waals surface area contributed by atoms with Crippen molar-refractivity contribution in [3.63, 3.8) is 0 Å². The van der Waals surface area contributed by atoms with Gasteiger partial charge in [0.05, 0.1) is 42.7 Å². The maximum Gasteiger partial charge on any atom is 0.329 e. The maximum absolute atomic E-state index is 14.3. The first-order valence-electron chi connectivity index (χ1n) is 21.4. The van der Waals surface area contributed by atoms with E-state index >= 15 is 0 Å². The van der Waals surface area contributed by atoms with Crippen LogP contribution >= 0.6 is 0 Å². The van der Waals surface area contributed by atoms with Gasteiger partial charge in [0.1, 0.15) is 17.7 Å². The number of methoxy groups -OCH3 is 2. The average molecular weight is 827 g/mol. The van der Waals surface area contributed by atoms with Crippen LogP contribution < -0.4 is 16.0 Å². The number of likely N-dealkylation sites (tertiary alicyclic amines) is 1. The number of hydrogen-bond acceptors (Lipinski definition) is 9. The lowest BCUT2D eigenvalue weighted by atomic mass is 9.89. The summed E-state index contributed by atoms with van der Waals surface area (Å²) in [6, 6.07) is 4.68. The molecule has 1 aliphatic rings. The molecule has 0 radical (unpaired) electrons. The van der Waals surface area contributed by atoms with Gasteiger partial charge in [-0.2, -0.15) is 0 Å². The fraction of sp³-hybridized carbons (Fsp3) is 0.711. The topological polar surface area (TPSA) is 171 Å². The van der Waals surface area contributed by atoms with E-state index in [4.69, 9.17) is 14.2 Å². The summed E-state index contributed by atoms with van der Waals surface area (Å²) >= 11 is 0. The van der Waals surface area contributed by atoms with E-state index in [9.17, 15) is 24.0 Å². The molecule has 4 amide bonds. The molecule has 3 rings (SSSR count). The molecule has 1 aromatic carbocycles. The maximum atomic E-state index is 14.3. The van der Waals surface area contributed by atoms with Crippen LogP contribution in [0.25, 0.3) is 10.9 Å². The van der Waals surface area contributed by atoms with Crippen molar-refractivity contribution in [1.82, 2.24) is 30.7 Å². The molecule has 0 aliphatic carbocycles. The summed E-state index contributed by atoms with van der Waals surface area (Å²) in [5.41, 5.74) is 1.03. The van der Waals surface area contributed by atoms with Crippen molar-refractivity contribution < 1.29 is 38.2 Å². The third-order valence-corrected chi connectivity index (χ3v) is 11.9. The first kappa shape index (κ1) is 49.4. The Hall–Kier alpha value is -4.01. The molecule has 4 N–H and O–H groups in total. The zero-order chi connectivity index (χ0) is 44.4. The van der Waals surface area contributed by atoms with Gasteiger partial charge in [-0.3, -0.25) is 19.2 Å². The van der Waals surface area contributed by atoms with Crippen LogP contribution in [-0.2, 0) is 44.6 Å². The van der Waals surface area contributed by atoms with E-state index in [1.807, 2.05) is 72.0 Å². The van der Waals surface area contributed by atoms with E-state index in [0.29, 0.717) is 13.0 Å². The summed E-state index contributed by atoms with van der Waals surface area (Å²) < 4.78 is 17.8. The number of aromatic amines is 1. The minimum Gasteiger partial charge on any atom is -0.458 e. The van der Waals surface area contributed by atoms with Crippen LogP contribution in [0.3, 0.4) is 0 Å². The highest BCUT2D eigenvalue weighted by molar-refractivity contribution is 5.91. The largest absolute Gasteiger partial charge is 0.458 e. The Morgan fingerprint density at radius 2 is 1.58 bits per heavy atom. The highest BCUT2D eigenvalue weighted by Crippen LogP contribution is 2.30. The van der Waals surface area contributed by atoms with Crippen molar-refractivity contribution in [2.75, 3.05) is 34.9 Å². The Balaban J connectivity index is 1.82. The van der Waals surface area contributed by atoms with Crippen molar-refractivity contribution in [1.29, 1.82) is 0 Å². The van der Waals surface area contributed by atoms with Gasteiger partial charge in [-0.25, -0.2) is 4.79 Å². The van der Waals surface area contributed by atoms with E-state index in [-0.39, 0.29) is 54.2 Å². The molecule has 2 heterocycles. The summed E-state index contributed by atoms with van der Waals surface area (Å²) in [5, 5.41) is 9.96. The minimum atomic E-state index is -0.967. The van der Waals surface area contributed by atoms with Gasteiger partial charge < -0.3 is 44.9 Å². The van der Waals surface area contributed by atoms with Crippen molar-refractivity contribution in [2.45, 2.75) is 149 Å². The summed E-state index contributed by atoms with van der Waals surface area (Å²) in [6.45, 7) is 19.4. The van der Waals surface area contributed by atoms with Crippen LogP contribution in [0, 0.1) is 23.7 Å². The van der Waals surface area contributed by atoms with Gasteiger partial charge in [-0.1, -0.05) is 73.1 Å². The number of carbonyl (C=O) groups is 5. The van der Waals surface area contributed by atoms with E-state index < -0.39 is 59.9 Å². The average Bonchev–Trinajstić information content (AvgIpc) is 3.83. The Labute approximate surface area is 352 Å². The second-order valence-electron chi connectivity index (χ2n) is 18.0. The Morgan fingerprint density at radius 1 is 0.932 bits per heavy atom. The highest BCUT2D eigenvalue weighted by Gasteiger charge is 2.43. The van der Waals surface area contributed by atoms with Gasteiger partial charge in [-0.05, 0) is 70.0 Å². The van der Waals surface area contributed by atoms with Crippen molar-refractivity contribution >= 4 is 40.5 Å². The standard InChI is InChI=1S/C45H74N6O8/c1-15-28(6)39(50(12)43(55)38(27(4)5)49-42(54)37(46-11)26(2)3)35(57-13)24-36(52)51-22-18-21-34(51)40(58-14)29(7)41(53)48-33(44(56)59-45(8,9)10)23-30-25-47-32-20-17-16-19-31(30)32/h16-17,19-20,25-29,33-35,37-40,46-47H,15,18,21-24H2,1-14H3,(H,48,53)(H,49,54)/t28?,29?,33?,34-,35?,37?,38?,39?,40?/m0/s1. The number of likely N-dealkylation sites (N-methyl/N-ethyl adjacent to an activating group) is 2. The fourth-order valence-corrected chi connectivity index (χ4v) is 8.44. The molecule has 8 unspecified atom stereocenters. The van der Waals surface area contributed by atoms with E-state index in [1.54, 1.807) is 58.7 Å². The van der Waals surface area contributed by atoms with Crippen LogP contribution in [0.2, 0.25) is 0 Å². The molecule has 0 bridgehead atoms. The number of H-pyrrole nitrogens is 1. The number of hydrogen-bond donors (Lipinski definition) is 4. The summed E-state index contributed by atoms with van der Waals surface area (Å²) in [4.78, 5) is 76.1. The van der Waals surface area contributed by atoms with Crippen LogP contribution in [0.1, 0.15) is 100 Å². The molecule has 14 nitrogen and oxygen atoms in total. The molecular formula is C45H74N6O8. The number of nitrogens with one attached hydrogen (secondary N) is 4. The number of rotatable bonds is 21. The van der Waals surface area contributed by atoms with Crippen LogP contribution in [0.15, 0.2) is 30.5 Å². The van der Waals surface area contributed by atoms with Crippen molar-refractivity contribution in [3.05, 3.63) is 36.0 Å². The third-order valence-electron chi connectivity index (χ3n) is 11.9. The fourth-order valence-electron chi connectivity index (χ4n) is 8.44. The van der Waals surface area contributed by atoms with Crippen LogP contribution in [-0.4, -0.2) is 127 Å². The Morgan fingerprint density at radius 3 is 2.14 bits per heavy atom. The molecule has 2 aromatic rings. The first-order valence-corrected chi connectivity index (χ1v) is 21.4. The summed E-state index contributed by atoms with van der Waals surface area (Å²) in [5.74, 6) is -2.54. The van der Waals surface area contributed by atoms with Gasteiger partial charge >= 0.3 is 5.97 Å². The molecule has 0 saturated carbocycles. The second kappa shape index (κ2) is 22.0. The summed E-state index contributed by atoms with van der Waals surface area (Å²) in [7, 11) is 6.54. The SMILES string of the molecule is CCC(C)C(C(CC(=O)N1CCC[C@H]1C(OC)C(C)C(=O)NC(Cc1c[nH]c2ccccc12)C(=O)OC(C)(C)C)OC)N(C)C(=O)C(NC(=O)C(NC)C(C)C)C(C)C. The molecule has 332 valence electrons. The van der Waals surface area contributed by atoms with E-state index in [0.717, 1.165) is 29.3 Å². The molecule has 0 spiro atoms. The summed E-state index contributed by atoms with van der Waals surface area (Å²) in [6.07, 6.45) is 2.79. The lowest BCUT2D eigenvalue weighted by Crippen LogP contribution is -2.59. The highest BCUT2D eigenvalue weighted by atomic mass is 16.6. The van der Waals surface area contributed by atoms with E-state index in [1.165, 1.54) is 7.11 Å². The van der Waals surface area contributed by atoms with Gasteiger partial charge in [0, 0.05) is 51.3 Å². The Bertz CT molecular complexity index is 1700. The number of ether oxygens (including phenoxy) is 3. The smallest absolute Gasteiger partial charge is 0.329 e. The van der Waals surface area contributed by atoms with E-state index in [2.05, 4.69) is 20.9 Å². The predicted octanol–water partition coefficient (Wildman–Crippen LogP) is 4.84. The molecule has 1 aliphatic heterocycles. The molecule has 59 heavy (non-hydrogen) atoms. The molecule has 1 fully saturated rings. The lowest BCUT2D eigenvalue weighted by Gasteiger charge is -2.41. The van der Waals surface area contributed by atoms with Gasteiger partial charge in [0.2, 0.25) is 23.6 Å². The van der Waals surface area contributed by atoms with Gasteiger partial charge in [0.15, 0.2) is 0 Å². The number of para-hydroxylation sites is 1. The number of carbonyl (C=O) groups excluding carboxylic acids is 5. The normalized spacial score (nSPS) is 18.8. The third kappa shape index (κ3) is 12.7. The monoisotopic (exact) mass is 827 g/mol. The zero-order valence-electron chi connectivity index (χ0n) is 38.1. The number of fused-ring (bicyclic) bond motifs is 1. The number of esters is 1. The van der Waals surface area contributed by atoms with Crippen molar-refractivity contribution in [3.8, 4) is 0 Å². The zero-order valence-corrected chi connectivity index (χ0v) is 38.1. The van der Waals surface area contributed by atoms with Gasteiger partial charge in [-0.15, -0.1) is 0 Å². The second-order valence-corrected chi connectivity index (χ2v) is 18.0. The quantitative estimate of drug-likeness (QED) is 0.129. The molecule has 14 heteroatoms.